The average Bonchev–Trinajstić information content (AvgIpc) is 3.74. The molecule has 4 aliphatic carbocycles. The Balaban J connectivity index is 1.05. The lowest BCUT2D eigenvalue weighted by atomic mass is 9.78. The summed E-state index contributed by atoms with van der Waals surface area (Å²) in [6.07, 6.45) is 17.9. The molecule has 2 heteroatoms. The Bertz CT molecular complexity index is 3140. The molecule has 0 spiro atoms. The topological polar surface area (TPSA) is 6.48 Å². The van der Waals surface area contributed by atoms with E-state index in [1.54, 1.807) is 5.57 Å². The number of hydrogen-bond acceptors (Lipinski definition) is 2. The van der Waals surface area contributed by atoms with Gasteiger partial charge < -0.3 is 9.80 Å². The first-order chi connectivity index (χ1) is 33.8. The van der Waals surface area contributed by atoms with Crippen molar-refractivity contribution in [1.29, 1.82) is 0 Å². The van der Waals surface area contributed by atoms with Gasteiger partial charge in [-0.2, -0.15) is 0 Å². The van der Waals surface area contributed by atoms with Crippen molar-refractivity contribution in [2.24, 2.45) is 0 Å². The molecule has 0 fully saturated rings. The van der Waals surface area contributed by atoms with Crippen LogP contribution >= 0.6 is 0 Å². The smallest absolute Gasteiger partial charge is 0.0461 e. The van der Waals surface area contributed by atoms with Crippen molar-refractivity contribution < 1.29 is 0 Å². The second-order valence-electron chi connectivity index (χ2n) is 21.8. The number of allylic oxidation sites excluding steroid dienone is 8. The summed E-state index contributed by atoms with van der Waals surface area (Å²) in [5, 5.41) is 2.70. The number of rotatable bonds is 14. The summed E-state index contributed by atoms with van der Waals surface area (Å²) >= 11 is 0. The molecule has 0 radical (unpaired) electrons. The van der Waals surface area contributed by atoms with Crippen molar-refractivity contribution in [3.8, 4) is 11.1 Å². The zero-order chi connectivity index (χ0) is 49.2. The Morgan fingerprint density at radius 1 is 0.371 bits per heavy atom. The van der Waals surface area contributed by atoms with Crippen molar-refractivity contribution in [3.63, 3.8) is 0 Å². The van der Waals surface area contributed by atoms with E-state index in [0.29, 0.717) is 0 Å². The highest BCUT2D eigenvalue weighted by Gasteiger charge is 2.41. The molecule has 0 aliphatic heterocycles. The summed E-state index contributed by atoms with van der Waals surface area (Å²) < 4.78 is 0. The van der Waals surface area contributed by atoms with Crippen LogP contribution in [0, 0.1) is 0 Å². The van der Waals surface area contributed by atoms with Crippen LogP contribution < -0.4 is 9.80 Å². The van der Waals surface area contributed by atoms with Gasteiger partial charge in [0.25, 0.3) is 0 Å². The van der Waals surface area contributed by atoms with Crippen molar-refractivity contribution in [2.75, 3.05) is 9.80 Å². The molecule has 0 bridgehead atoms. The molecule has 10 rings (SSSR count). The van der Waals surface area contributed by atoms with Crippen LogP contribution in [0.15, 0.2) is 137 Å². The molecule has 2 nitrogen and oxygen atoms in total. The minimum atomic E-state index is -0.152. The number of aryl methyl sites for hydroxylation is 6. The van der Waals surface area contributed by atoms with Crippen LogP contribution in [0.3, 0.4) is 0 Å². The van der Waals surface area contributed by atoms with Crippen LogP contribution in [0.2, 0.25) is 0 Å². The van der Waals surface area contributed by atoms with Crippen LogP contribution in [-0.2, 0) is 49.4 Å². The Morgan fingerprint density at radius 2 is 0.814 bits per heavy atom. The maximum Gasteiger partial charge on any atom is 0.0461 e. The average molecular weight is 923 g/mol. The molecule has 0 saturated heterocycles. The van der Waals surface area contributed by atoms with E-state index in [1.807, 2.05) is 0 Å². The highest BCUT2D eigenvalue weighted by molar-refractivity contribution is 5.99. The molecule has 4 aliphatic rings. The molecular formula is C68H78N2. The minimum absolute atomic E-state index is 0.127. The highest BCUT2D eigenvalue weighted by atomic mass is 15.2. The quantitative estimate of drug-likeness (QED) is 0.107. The molecule has 0 N–H and O–H groups in total. The van der Waals surface area contributed by atoms with Crippen molar-refractivity contribution in [2.45, 2.75) is 171 Å². The summed E-state index contributed by atoms with van der Waals surface area (Å²) in [5.74, 6) is 0. The van der Waals surface area contributed by atoms with Crippen LogP contribution in [0.25, 0.3) is 27.5 Å². The van der Waals surface area contributed by atoms with Crippen molar-refractivity contribution in [1.82, 2.24) is 0 Å². The Kier molecular flexibility index (Phi) is 12.8. The minimum Gasteiger partial charge on any atom is -0.314 e. The van der Waals surface area contributed by atoms with Crippen LogP contribution in [0.5, 0.6) is 0 Å². The van der Waals surface area contributed by atoms with Gasteiger partial charge in [0, 0.05) is 45.0 Å². The lowest BCUT2D eigenvalue weighted by Crippen LogP contribution is -2.22. The third-order valence-electron chi connectivity index (χ3n) is 17.4. The van der Waals surface area contributed by atoms with E-state index in [9.17, 15) is 0 Å². The predicted octanol–water partition coefficient (Wildman–Crippen LogP) is 19.0. The van der Waals surface area contributed by atoms with E-state index >= 15 is 0 Å². The van der Waals surface area contributed by atoms with E-state index in [2.05, 4.69) is 202 Å². The summed E-state index contributed by atoms with van der Waals surface area (Å²) in [7, 11) is 0. The molecule has 6 aromatic rings. The number of anilines is 4. The summed E-state index contributed by atoms with van der Waals surface area (Å²) in [4.78, 5) is 5.20. The molecule has 0 heterocycles. The third-order valence-corrected chi connectivity index (χ3v) is 17.4. The molecule has 6 aromatic carbocycles. The van der Waals surface area contributed by atoms with E-state index in [-0.39, 0.29) is 10.8 Å². The van der Waals surface area contributed by atoms with Gasteiger partial charge in [0.05, 0.1) is 0 Å². The van der Waals surface area contributed by atoms with Gasteiger partial charge in [-0.05, 0) is 256 Å². The van der Waals surface area contributed by atoms with E-state index in [0.717, 1.165) is 77.0 Å². The van der Waals surface area contributed by atoms with Crippen LogP contribution in [-0.4, -0.2) is 0 Å². The number of benzene rings is 6. The molecule has 0 aromatic heterocycles. The molecule has 360 valence electrons. The van der Waals surface area contributed by atoms with E-state index < -0.39 is 0 Å². The van der Waals surface area contributed by atoms with Crippen molar-refractivity contribution >= 4 is 39.1 Å². The van der Waals surface area contributed by atoms with Crippen LogP contribution in [0.4, 0.5) is 22.7 Å². The van der Waals surface area contributed by atoms with Gasteiger partial charge in [0.2, 0.25) is 0 Å². The number of hydrogen-bond donors (Lipinski definition) is 0. The van der Waals surface area contributed by atoms with Gasteiger partial charge in [0.15, 0.2) is 0 Å². The highest BCUT2D eigenvalue weighted by Crippen LogP contribution is 2.56. The maximum atomic E-state index is 2.60. The van der Waals surface area contributed by atoms with Gasteiger partial charge in [-0.25, -0.2) is 0 Å². The van der Waals surface area contributed by atoms with E-state index in [1.165, 1.54) is 128 Å². The third kappa shape index (κ3) is 7.84. The van der Waals surface area contributed by atoms with Gasteiger partial charge in [-0.3, -0.25) is 0 Å². The number of fused-ring (bicyclic) bond motifs is 6. The lowest BCUT2D eigenvalue weighted by Gasteiger charge is -2.33. The Hall–Kier alpha value is -5.86. The monoisotopic (exact) mass is 923 g/mol. The molecule has 0 saturated carbocycles. The Labute approximate surface area is 421 Å². The van der Waals surface area contributed by atoms with Crippen molar-refractivity contribution in [3.05, 3.63) is 193 Å². The normalized spacial score (nSPS) is 16.5. The zero-order valence-electron chi connectivity index (χ0n) is 44.8. The second-order valence-corrected chi connectivity index (χ2v) is 21.8. The zero-order valence-corrected chi connectivity index (χ0v) is 44.8. The lowest BCUT2D eigenvalue weighted by molar-refractivity contribution is 0.649. The molecular weight excluding hydrogens is 845 g/mol. The molecule has 0 atom stereocenters. The van der Waals surface area contributed by atoms with Gasteiger partial charge in [-0.1, -0.05) is 113 Å². The SMILES string of the molecule is CCC1=C(CC)CCC(N(c2ccc(CC)c(CC)c2)c2ccc3c(c2)C(C)(C)c2cc4cc5c(cc4cc2-3)C(C)(C)C2=C5CCC(N(c3ccc(CC)c(CC)c3)c3ccc(CC)c(CC)c3)=C2)=C1. The summed E-state index contributed by atoms with van der Waals surface area (Å²) in [6, 6.07) is 39.3. The fourth-order valence-corrected chi connectivity index (χ4v) is 13.3. The fourth-order valence-electron chi connectivity index (χ4n) is 13.3. The first kappa shape index (κ1) is 47.8. The van der Waals surface area contributed by atoms with E-state index in [4.69, 9.17) is 0 Å². The summed E-state index contributed by atoms with van der Waals surface area (Å²) in [6.45, 7) is 28.3. The first-order valence-electron chi connectivity index (χ1n) is 27.4. The molecule has 0 unspecified atom stereocenters. The fraction of sp³-hybridized carbons (Fsp3) is 0.382. The van der Waals surface area contributed by atoms with Crippen LogP contribution in [0.1, 0.15) is 177 Å². The summed E-state index contributed by atoms with van der Waals surface area (Å²) in [5.41, 5.74) is 31.1. The maximum absolute atomic E-state index is 2.60. The standard InChI is InChI=1S/C68H78N2/c1-13-43-21-25-53(33-47(43)17-5)69(54-26-22-44(14-2)48(18-6)34-54)57-29-31-59-61-37-51-40-64-62(38-52(51)39-63(61)67(9,10)65(59)41-57)60-32-30-58(42-66(60)68(64,11)12)70(55-27-23-45(15-3)49(19-7)35-55)56-28-24-46(16-4)50(20-8)36-56/h21-23,25-27,30,32-42H,13-20,24,28-29,31H2,1-12H3. The first-order valence-corrected chi connectivity index (χ1v) is 27.4. The molecule has 70 heavy (non-hydrogen) atoms. The second kappa shape index (κ2) is 18.7. The van der Waals surface area contributed by atoms with Gasteiger partial charge >= 0.3 is 0 Å². The van der Waals surface area contributed by atoms with Gasteiger partial charge in [-0.15, -0.1) is 0 Å². The molecule has 0 amide bonds. The predicted molar refractivity (Wildman–Crippen MR) is 304 cm³/mol. The van der Waals surface area contributed by atoms with Gasteiger partial charge in [0.1, 0.15) is 0 Å². The number of nitrogens with zero attached hydrogens (tertiary/aromatic N) is 2. The largest absolute Gasteiger partial charge is 0.314 e. The Morgan fingerprint density at radius 3 is 1.31 bits per heavy atom.